The first-order valence-corrected chi connectivity index (χ1v) is 7.94. The molecule has 5 heteroatoms. The molecule has 1 amide bonds. The molecular weight excluding hydrogens is 300 g/mol. The SMILES string of the molecule is O=C(Nc1ccc2c3c(cccc13)CC2)c1ccn2cnnc2c1. The second kappa shape index (κ2) is 4.89. The lowest BCUT2D eigenvalue weighted by atomic mass is 10.0. The van der Waals surface area contributed by atoms with Crippen LogP contribution in [0, 0.1) is 0 Å². The van der Waals surface area contributed by atoms with E-state index in [1.807, 2.05) is 6.07 Å². The maximum atomic E-state index is 12.6. The number of pyridine rings is 1. The van der Waals surface area contributed by atoms with E-state index in [2.05, 4.69) is 39.8 Å². The molecule has 0 saturated heterocycles. The molecule has 0 bridgehead atoms. The van der Waals surface area contributed by atoms with Crippen LogP contribution in [0.25, 0.3) is 16.4 Å². The fraction of sp³-hybridized carbons (Fsp3) is 0.105. The van der Waals surface area contributed by atoms with E-state index >= 15 is 0 Å². The van der Waals surface area contributed by atoms with Gasteiger partial charge < -0.3 is 5.32 Å². The molecule has 0 atom stereocenters. The van der Waals surface area contributed by atoms with E-state index in [1.54, 1.807) is 29.1 Å². The molecule has 1 N–H and O–H groups in total. The molecule has 0 radical (unpaired) electrons. The van der Waals surface area contributed by atoms with Gasteiger partial charge in [0.25, 0.3) is 5.91 Å². The first-order chi connectivity index (χ1) is 11.8. The third kappa shape index (κ3) is 1.91. The van der Waals surface area contributed by atoms with E-state index < -0.39 is 0 Å². The van der Waals surface area contributed by atoms with Crippen LogP contribution in [0.4, 0.5) is 5.69 Å². The van der Waals surface area contributed by atoms with Crippen LogP contribution in [0.5, 0.6) is 0 Å². The standard InChI is InChI=1S/C19H14N4O/c24-19(14-8-9-23-11-20-22-17(23)10-14)21-16-7-6-13-5-4-12-2-1-3-15(16)18(12)13/h1-3,6-11H,4-5H2,(H,21,24). The van der Waals surface area contributed by atoms with Crippen molar-refractivity contribution < 1.29 is 4.79 Å². The number of carbonyl (C=O) groups is 1. The number of nitrogens with zero attached hydrogens (tertiary/aromatic N) is 3. The Morgan fingerprint density at radius 1 is 1.08 bits per heavy atom. The zero-order valence-electron chi connectivity index (χ0n) is 12.9. The highest BCUT2D eigenvalue weighted by atomic mass is 16.1. The summed E-state index contributed by atoms with van der Waals surface area (Å²) in [6, 6.07) is 13.9. The van der Waals surface area contributed by atoms with Crippen LogP contribution < -0.4 is 5.32 Å². The average molecular weight is 314 g/mol. The van der Waals surface area contributed by atoms with Gasteiger partial charge in [-0.25, -0.2) is 0 Å². The molecular formula is C19H14N4O. The molecule has 4 aromatic rings. The molecule has 0 fully saturated rings. The fourth-order valence-electron chi connectivity index (χ4n) is 3.51. The molecule has 5 nitrogen and oxygen atoms in total. The summed E-state index contributed by atoms with van der Waals surface area (Å²) in [5.74, 6) is -0.140. The monoisotopic (exact) mass is 314 g/mol. The Balaban J connectivity index is 1.56. The summed E-state index contributed by atoms with van der Waals surface area (Å²) < 4.78 is 1.77. The van der Waals surface area contributed by atoms with Crippen LogP contribution in [-0.2, 0) is 12.8 Å². The normalized spacial score (nSPS) is 12.8. The molecule has 0 aliphatic heterocycles. The van der Waals surface area contributed by atoms with Crippen LogP contribution in [0.15, 0.2) is 55.0 Å². The van der Waals surface area contributed by atoms with E-state index in [9.17, 15) is 4.79 Å². The lowest BCUT2D eigenvalue weighted by Gasteiger charge is -2.10. The van der Waals surface area contributed by atoms with Gasteiger partial charge in [-0.15, -0.1) is 10.2 Å². The Labute approximate surface area is 137 Å². The lowest BCUT2D eigenvalue weighted by molar-refractivity contribution is 0.102. The van der Waals surface area contributed by atoms with Gasteiger partial charge in [-0.05, 0) is 47.6 Å². The Bertz CT molecular complexity index is 1100. The lowest BCUT2D eigenvalue weighted by Crippen LogP contribution is -2.12. The van der Waals surface area contributed by atoms with Crippen molar-refractivity contribution in [1.29, 1.82) is 0 Å². The van der Waals surface area contributed by atoms with Crippen molar-refractivity contribution in [3.63, 3.8) is 0 Å². The molecule has 2 heterocycles. The van der Waals surface area contributed by atoms with Gasteiger partial charge in [0.2, 0.25) is 0 Å². The summed E-state index contributed by atoms with van der Waals surface area (Å²) in [7, 11) is 0. The van der Waals surface area contributed by atoms with Crippen LogP contribution >= 0.6 is 0 Å². The van der Waals surface area contributed by atoms with Gasteiger partial charge >= 0.3 is 0 Å². The quantitative estimate of drug-likeness (QED) is 0.618. The number of fused-ring (bicyclic) bond motifs is 1. The number of benzene rings is 2. The summed E-state index contributed by atoms with van der Waals surface area (Å²) in [5, 5.41) is 13.3. The van der Waals surface area contributed by atoms with Crippen LogP contribution in [-0.4, -0.2) is 20.5 Å². The van der Waals surface area contributed by atoms with Gasteiger partial charge in [0.15, 0.2) is 5.65 Å². The van der Waals surface area contributed by atoms with Crippen molar-refractivity contribution in [2.75, 3.05) is 5.32 Å². The number of aryl methyl sites for hydroxylation is 2. The predicted octanol–water partition coefficient (Wildman–Crippen LogP) is 3.23. The van der Waals surface area contributed by atoms with Crippen molar-refractivity contribution in [2.24, 2.45) is 0 Å². The Morgan fingerprint density at radius 2 is 1.96 bits per heavy atom. The zero-order valence-corrected chi connectivity index (χ0v) is 12.9. The minimum atomic E-state index is -0.140. The van der Waals surface area contributed by atoms with Crippen molar-refractivity contribution >= 4 is 28.0 Å². The Morgan fingerprint density at radius 3 is 2.88 bits per heavy atom. The average Bonchev–Trinajstić information content (AvgIpc) is 3.24. The second-order valence-electron chi connectivity index (χ2n) is 6.08. The number of aromatic nitrogens is 3. The largest absolute Gasteiger partial charge is 0.321 e. The molecule has 2 aromatic carbocycles. The number of nitrogens with one attached hydrogen (secondary N) is 1. The summed E-state index contributed by atoms with van der Waals surface area (Å²) >= 11 is 0. The smallest absolute Gasteiger partial charge is 0.255 e. The third-order valence-corrected chi connectivity index (χ3v) is 4.69. The Hall–Kier alpha value is -3.21. The van der Waals surface area contributed by atoms with E-state index in [4.69, 9.17) is 0 Å². The third-order valence-electron chi connectivity index (χ3n) is 4.69. The van der Waals surface area contributed by atoms with Gasteiger partial charge in [0.1, 0.15) is 6.33 Å². The predicted molar refractivity (Wildman–Crippen MR) is 92.3 cm³/mol. The molecule has 24 heavy (non-hydrogen) atoms. The molecule has 0 saturated carbocycles. The summed E-state index contributed by atoms with van der Waals surface area (Å²) in [6.07, 6.45) is 5.55. The molecule has 1 aliphatic rings. The van der Waals surface area contributed by atoms with E-state index in [-0.39, 0.29) is 5.91 Å². The van der Waals surface area contributed by atoms with Gasteiger partial charge in [0, 0.05) is 22.8 Å². The van der Waals surface area contributed by atoms with Crippen molar-refractivity contribution in [1.82, 2.24) is 14.6 Å². The van der Waals surface area contributed by atoms with Gasteiger partial charge in [-0.3, -0.25) is 9.20 Å². The minimum absolute atomic E-state index is 0.140. The van der Waals surface area contributed by atoms with Gasteiger partial charge in [0.05, 0.1) is 0 Å². The van der Waals surface area contributed by atoms with Crippen molar-refractivity contribution in [3.8, 4) is 0 Å². The minimum Gasteiger partial charge on any atom is -0.321 e. The van der Waals surface area contributed by atoms with E-state index in [1.165, 1.54) is 16.5 Å². The molecule has 0 unspecified atom stereocenters. The maximum Gasteiger partial charge on any atom is 0.255 e. The fourth-order valence-corrected chi connectivity index (χ4v) is 3.51. The zero-order chi connectivity index (χ0) is 16.1. The first kappa shape index (κ1) is 13.2. The van der Waals surface area contributed by atoms with Crippen LogP contribution in [0.3, 0.4) is 0 Å². The Kier molecular flexibility index (Phi) is 2.70. The number of anilines is 1. The number of carbonyl (C=O) groups excluding carboxylic acids is 1. The second-order valence-corrected chi connectivity index (χ2v) is 6.08. The maximum absolute atomic E-state index is 12.6. The molecule has 5 rings (SSSR count). The molecule has 2 aromatic heterocycles. The summed E-state index contributed by atoms with van der Waals surface area (Å²) in [6.45, 7) is 0. The van der Waals surface area contributed by atoms with Crippen LogP contribution in [0.2, 0.25) is 0 Å². The molecule has 0 spiro atoms. The molecule has 116 valence electrons. The van der Waals surface area contributed by atoms with Crippen molar-refractivity contribution in [3.05, 3.63) is 71.7 Å². The summed E-state index contributed by atoms with van der Waals surface area (Å²) in [4.78, 5) is 12.6. The van der Waals surface area contributed by atoms with E-state index in [0.29, 0.717) is 11.2 Å². The molecule has 1 aliphatic carbocycles. The summed E-state index contributed by atoms with van der Waals surface area (Å²) in [5.41, 5.74) is 4.80. The highest BCUT2D eigenvalue weighted by molar-refractivity contribution is 6.10. The number of hydrogen-bond donors (Lipinski definition) is 1. The van der Waals surface area contributed by atoms with E-state index in [0.717, 1.165) is 23.9 Å². The number of hydrogen-bond acceptors (Lipinski definition) is 3. The number of amides is 1. The van der Waals surface area contributed by atoms with Gasteiger partial charge in [-0.2, -0.15) is 0 Å². The van der Waals surface area contributed by atoms with Crippen LogP contribution in [0.1, 0.15) is 21.5 Å². The highest BCUT2D eigenvalue weighted by Gasteiger charge is 2.17. The first-order valence-electron chi connectivity index (χ1n) is 7.94. The number of rotatable bonds is 2. The highest BCUT2D eigenvalue weighted by Crippen LogP contribution is 2.35. The van der Waals surface area contributed by atoms with Crippen molar-refractivity contribution in [2.45, 2.75) is 12.8 Å². The topological polar surface area (TPSA) is 59.3 Å². The van der Waals surface area contributed by atoms with Gasteiger partial charge in [-0.1, -0.05) is 24.3 Å².